The quantitative estimate of drug-likeness (QED) is 0.400. The first-order valence-corrected chi connectivity index (χ1v) is 10.5. The van der Waals surface area contributed by atoms with E-state index in [4.69, 9.17) is 9.47 Å². The van der Waals surface area contributed by atoms with Crippen molar-refractivity contribution in [2.75, 3.05) is 11.7 Å². The van der Waals surface area contributed by atoms with Crippen LogP contribution in [-0.2, 0) is 5.60 Å². The third-order valence-electron chi connectivity index (χ3n) is 4.73. The van der Waals surface area contributed by atoms with Crippen LogP contribution < -0.4 is 9.47 Å². The Labute approximate surface area is 183 Å². The van der Waals surface area contributed by atoms with Gasteiger partial charge in [-0.25, -0.2) is 9.97 Å². The van der Waals surface area contributed by atoms with Crippen LogP contribution in [-0.4, -0.2) is 36.8 Å². The Hall–Kier alpha value is -2.33. The molecule has 3 aromatic heterocycles. The second kappa shape index (κ2) is 8.58. The summed E-state index contributed by atoms with van der Waals surface area (Å²) in [5, 5.41) is 11.8. The lowest BCUT2D eigenvalue weighted by Gasteiger charge is -2.40. The van der Waals surface area contributed by atoms with Crippen molar-refractivity contribution in [1.29, 1.82) is 0 Å². The van der Waals surface area contributed by atoms with Gasteiger partial charge in [-0.3, -0.25) is 9.97 Å². The molecule has 0 aromatic carbocycles. The maximum atomic E-state index is 11.8. The molecule has 0 aliphatic heterocycles. The SMILES string of the molecule is COc1ncncc1C(O)(c1ccc(-c2ccc(OCI)cn2)cn1)C(C)(C)C. The monoisotopic (exact) mass is 506 g/mol. The number of hydrogen-bond acceptors (Lipinski definition) is 7. The molecule has 1 unspecified atom stereocenters. The fraction of sp³-hybridized carbons (Fsp3) is 0.333. The van der Waals surface area contributed by atoms with Crippen LogP contribution in [0.25, 0.3) is 11.3 Å². The van der Waals surface area contributed by atoms with E-state index < -0.39 is 11.0 Å². The van der Waals surface area contributed by atoms with Gasteiger partial charge in [0, 0.05) is 23.4 Å². The highest BCUT2D eigenvalue weighted by molar-refractivity contribution is 14.1. The van der Waals surface area contributed by atoms with Crippen molar-refractivity contribution in [1.82, 2.24) is 19.9 Å². The molecular formula is C21H23IN4O3. The van der Waals surface area contributed by atoms with E-state index in [1.54, 1.807) is 24.7 Å². The number of nitrogens with zero attached hydrogens (tertiary/aromatic N) is 4. The molecule has 152 valence electrons. The number of alkyl halides is 1. The summed E-state index contributed by atoms with van der Waals surface area (Å²) >= 11 is 2.14. The van der Waals surface area contributed by atoms with Gasteiger partial charge in [0.2, 0.25) is 5.88 Å². The fourth-order valence-electron chi connectivity index (χ4n) is 3.11. The summed E-state index contributed by atoms with van der Waals surface area (Å²) in [4.78, 5) is 17.2. The molecule has 0 saturated carbocycles. The second-order valence-corrected chi connectivity index (χ2v) is 8.09. The number of aromatic nitrogens is 4. The van der Waals surface area contributed by atoms with Gasteiger partial charge in [-0.15, -0.1) is 0 Å². The predicted molar refractivity (Wildman–Crippen MR) is 118 cm³/mol. The van der Waals surface area contributed by atoms with E-state index in [-0.39, 0.29) is 0 Å². The van der Waals surface area contributed by atoms with E-state index >= 15 is 0 Å². The zero-order valence-electron chi connectivity index (χ0n) is 16.8. The van der Waals surface area contributed by atoms with Gasteiger partial charge < -0.3 is 14.6 Å². The van der Waals surface area contributed by atoms with Crippen LogP contribution in [0.15, 0.2) is 49.2 Å². The maximum absolute atomic E-state index is 11.8. The van der Waals surface area contributed by atoms with E-state index in [0.717, 1.165) is 11.3 Å². The largest absolute Gasteiger partial charge is 0.482 e. The minimum absolute atomic E-state index is 0.316. The highest BCUT2D eigenvalue weighted by Crippen LogP contribution is 2.46. The summed E-state index contributed by atoms with van der Waals surface area (Å²) in [6.07, 6.45) is 6.34. The minimum atomic E-state index is -1.45. The number of methoxy groups -OCH3 is 1. The van der Waals surface area contributed by atoms with Crippen LogP contribution >= 0.6 is 22.6 Å². The Balaban J connectivity index is 2.02. The summed E-state index contributed by atoms with van der Waals surface area (Å²) in [5.74, 6) is 1.03. The molecule has 3 heterocycles. The molecule has 7 nitrogen and oxygen atoms in total. The molecule has 0 aliphatic carbocycles. The van der Waals surface area contributed by atoms with Crippen LogP contribution in [0.3, 0.4) is 0 Å². The molecule has 0 amide bonds. The van der Waals surface area contributed by atoms with Gasteiger partial charge in [-0.05, 0) is 46.9 Å². The van der Waals surface area contributed by atoms with Gasteiger partial charge in [0.25, 0.3) is 0 Å². The zero-order chi connectivity index (χ0) is 21.1. The third kappa shape index (κ3) is 4.18. The molecule has 29 heavy (non-hydrogen) atoms. The molecule has 0 bridgehead atoms. The lowest BCUT2D eigenvalue weighted by molar-refractivity contribution is -0.0319. The first-order chi connectivity index (χ1) is 13.8. The normalized spacial score (nSPS) is 13.6. The number of halogens is 1. The second-order valence-electron chi connectivity index (χ2n) is 7.47. The average molecular weight is 506 g/mol. The topological polar surface area (TPSA) is 90.3 Å². The average Bonchev–Trinajstić information content (AvgIpc) is 2.73. The Morgan fingerprint density at radius 1 is 1.00 bits per heavy atom. The summed E-state index contributed by atoms with van der Waals surface area (Å²) < 4.78 is 11.4. The van der Waals surface area contributed by atoms with Gasteiger partial charge in [0.05, 0.1) is 30.3 Å². The van der Waals surface area contributed by atoms with E-state index in [1.165, 1.54) is 13.4 Å². The first-order valence-electron chi connectivity index (χ1n) is 9.00. The molecule has 0 radical (unpaired) electrons. The minimum Gasteiger partial charge on any atom is -0.482 e. The highest BCUT2D eigenvalue weighted by atomic mass is 127. The Morgan fingerprint density at radius 3 is 2.34 bits per heavy atom. The lowest BCUT2D eigenvalue weighted by Crippen LogP contribution is -2.42. The molecular weight excluding hydrogens is 483 g/mol. The molecule has 0 aliphatic rings. The molecule has 0 spiro atoms. The van der Waals surface area contributed by atoms with Crippen molar-refractivity contribution < 1.29 is 14.6 Å². The van der Waals surface area contributed by atoms with Crippen molar-refractivity contribution in [2.24, 2.45) is 5.41 Å². The molecule has 1 N–H and O–H groups in total. The van der Waals surface area contributed by atoms with Gasteiger partial charge in [-0.1, -0.05) is 20.8 Å². The number of ether oxygens (including phenoxy) is 2. The van der Waals surface area contributed by atoms with Gasteiger partial charge in [-0.2, -0.15) is 0 Å². The van der Waals surface area contributed by atoms with Crippen molar-refractivity contribution in [3.8, 4) is 22.9 Å². The van der Waals surface area contributed by atoms with Crippen LogP contribution in [0.4, 0.5) is 0 Å². The van der Waals surface area contributed by atoms with Crippen molar-refractivity contribution in [3.63, 3.8) is 0 Å². The van der Waals surface area contributed by atoms with E-state index in [1.807, 2.05) is 39.0 Å². The van der Waals surface area contributed by atoms with Crippen LogP contribution in [0.5, 0.6) is 11.6 Å². The summed E-state index contributed by atoms with van der Waals surface area (Å²) in [5.41, 5.74) is 0.493. The first kappa shape index (κ1) is 21.4. The summed E-state index contributed by atoms with van der Waals surface area (Å²) in [6.45, 7) is 5.80. The van der Waals surface area contributed by atoms with Crippen LogP contribution in [0.1, 0.15) is 32.0 Å². The van der Waals surface area contributed by atoms with Crippen LogP contribution in [0.2, 0.25) is 0 Å². The van der Waals surface area contributed by atoms with Crippen LogP contribution in [0, 0.1) is 5.41 Å². The lowest BCUT2D eigenvalue weighted by atomic mass is 9.70. The highest BCUT2D eigenvalue weighted by Gasteiger charge is 2.47. The zero-order valence-corrected chi connectivity index (χ0v) is 18.9. The number of hydrogen-bond donors (Lipinski definition) is 1. The van der Waals surface area contributed by atoms with Crippen molar-refractivity contribution >= 4 is 22.6 Å². The smallest absolute Gasteiger partial charge is 0.222 e. The molecule has 1 atom stereocenters. The molecule has 3 rings (SSSR count). The van der Waals surface area contributed by atoms with Crippen molar-refractivity contribution in [2.45, 2.75) is 26.4 Å². The van der Waals surface area contributed by atoms with Crippen molar-refractivity contribution in [3.05, 3.63) is 60.4 Å². The van der Waals surface area contributed by atoms with Gasteiger partial charge in [0.1, 0.15) is 22.3 Å². The maximum Gasteiger partial charge on any atom is 0.222 e. The van der Waals surface area contributed by atoms with Gasteiger partial charge >= 0.3 is 0 Å². The predicted octanol–water partition coefficient (Wildman–Crippen LogP) is 4.00. The molecule has 0 saturated heterocycles. The van der Waals surface area contributed by atoms with E-state index in [0.29, 0.717) is 27.5 Å². The van der Waals surface area contributed by atoms with Gasteiger partial charge in [0.15, 0.2) is 0 Å². The summed E-state index contributed by atoms with van der Waals surface area (Å²) in [7, 11) is 1.52. The standard InChI is InChI=1S/C21H23IN4O3/c1-20(2,3)21(27,16-11-23-13-26-19(16)28-4)18-8-5-14(9-25-18)17-7-6-15(10-24-17)29-12-22/h5-11,13,27H,12H2,1-4H3. The molecule has 3 aromatic rings. The van der Waals surface area contributed by atoms with E-state index in [9.17, 15) is 5.11 Å². The number of aliphatic hydroxyl groups is 1. The third-order valence-corrected chi connectivity index (χ3v) is 5.04. The fourth-order valence-corrected chi connectivity index (χ4v) is 3.47. The molecule has 8 heteroatoms. The number of pyridine rings is 2. The van der Waals surface area contributed by atoms with E-state index in [2.05, 4.69) is 42.5 Å². The summed E-state index contributed by atoms with van der Waals surface area (Å²) in [6, 6.07) is 7.43. The molecule has 0 fully saturated rings. The Kier molecular flexibility index (Phi) is 6.33. The Bertz CT molecular complexity index is 959. The number of rotatable bonds is 6. The Morgan fingerprint density at radius 2 is 1.79 bits per heavy atom.